The van der Waals surface area contributed by atoms with E-state index in [0.717, 1.165) is 32.2 Å². The van der Waals surface area contributed by atoms with Crippen LogP contribution in [0.25, 0.3) is 5.69 Å². The van der Waals surface area contributed by atoms with E-state index in [2.05, 4.69) is 10.3 Å². The monoisotopic (exact) mass is 356 g/mol. The van der Waals surface area contributed by atoms with Gasteiger partial charge in [0, 0.05) is 37.1 Å². The van der Waals surface area contributed by atoms with Gasteiger partial charge >= 0.3 is 0 Å². The third kappa shape index (κ3) is 3.47. The molecule has 1 unspecified atom stereocenters. The lowest BCUT2D eigenvalue weighted by Crippen LogP contribution is -2.44. The van der Waals surface area contributed by atoms with E-state index >= 15 is 0 Å². The second-order valence-corrected chi connectivity index (χ2v) is 7.02. The first-order valence-corrected chi connectivity index (χ1v) is 8.99. The van der Waals surface area contributed by atoms with Crippen LogP contribution in [-0.2, 0) is 9.59 Å². The van der Waals surface area contributed by atoms with Gasteiger partial charge in [-0.25, -0.2) is 9.37 Å². The first-order valence-electron chi connectivity index (χ1n) is 8.99. The van der Waals surface area contributed by atoms with Crippen LogP contribution in [0.5, 0.6) is 0 Å². The number of nitrogens with zero attached hydrogens (tertiary/aromatic N) is 3. The van der Waals surface area contributed by atoms with Gasteiger partial charge in [0.05, 0.1) is 17.9 Å². The Morgan fingerprint density at radius 1 is 1.19 bits per heavy atom. The summed E-state index contributed by atoms with van der Waals surface area (Å²) in [4.78, 5) is 30.5. The quantitative estimate of drug-likeness (QED) is 0.916. The second kappa shape index (κ2) is 6.90. The second-order valence-electron chi connectivity index (χ2n) is 7.02. The molecule has 1 aliphatic carbocycles. The summed E-state index contributed by atoms with van der Waals surface area (Å²) >= 11 is 0. The van der Waals surface area contributed by atoms with E-state index in [1.54, 1.807) is 29.1 Å². The summed E-state index contributed by atoms with van der Waals surface area (Å²) in [6.07, 6.45) is 8.25. The van der Waals surface area contributed by atoms with Crippen LogP contribution in [0.2, 0.25) is 0 Å². The fraction of sp³-hybridized carbons (Fsp3) is 0.421. The number of aromatic nitrogens is 2. The average molecular weight is 356 g/mol. The molecule has 2 aromatic rings. The number of likely N-dealkylation sites (tertiary alicyclic amines) is 1. The van der Waals surface area contributed by atoms with Crippen molar-refractivity contribution in [1.29, 1.82) is 0 Å². The number of piperidine rings is 1. The Morgan fingerprint density at radius 3 is 2.73 bits per heavy atom. The average Bonchev–Trinajstić information content (AvgIpc) is 3.36. The molecule has 1 atom stereocenters. The van der Waals surface area contributed by atoms with E-state index < -0.39 is 5.82 Å². The van der Waals surface area contributed by atoms with Gasteiger partial charge in [0.1, 0.15) is 5.82 Å². The van der Waals surface area contributed by atoms with Crippen molar-refractivity contribution >= 4 is 17.5 Å². The van der Waals surface area contributed by atoms with Crippen molar-refractivity contribution < 1.29 is 14.0 Å². The molecule has 0 bridgehead atoms. The third-order valence-corrected chi connectivity index (χ3v) is 5.03. The zero-order valence-corrected chi connectivity index (χ0v) is 14.4. The predicted molar refractivity (Wildman–Crippen MR) is 94.2 cm³/mol. The third-order valence-electron chi connectivity index (χ3n) is 5.03. The standard InChI is InChI=1S/C19H21FN4O2/c20-16-10-15(5-6-17(16)24-9-7-21-12-24)22-18(25)14-2-1-8-23(11-14)19(26)13-3-4-13/h5-7,9-10,12-14H,1-4,8,11H2,(H,22,25). The summed E-state index contributed by atoms with van der Waals surface area (Å²) in [7, 11) is 0. The summed E-state index contributed by atoms with van der Waals surface area (Å²) in [5.41, 5.74) is 0.793. The molecule has 1 aromatic carbocycles. The highest BCUT2D eigenvalue weighted by molar-refractivity contribution is 5.93. The first-order chi connectivity index (χ1) is 12.6. The molecule has 1 saturated carbocycles. The minimum atomic E-state index is -0.435. The molecule has 7 heteroatoms. The highest BCUT2D eigenvalue weighted by Crippen LogP contribution is 2.32. The van der Waals surface area contributed by atoms with Gasteiger partial charge in [-0.3, -0.25) is 9.59 Å². The Hall–Kier alpha value is -2.70. The van der Waals surface area contributed by atoms with Crippen molar-refractivity contribution in [3.8, 4) is 5.69 Å². The van der Waals surface area contributed by atoms with Crippen LogP contribution in [0.3, 0.4) is 0 Å². The largest absolute Gasteiger partial charge is 0.342 e. The number of anilines is 1. The van der Waals surface area contributed by atoms with Gasteiger partial charge in [-0.1, -0.05) is 0 Å². The number of halogens is 1. The number of imidazole rings is 1. The molecule has 4 rings (SSSR count). The van der Waals surface area contributed by atoms with Crippen LogP contribution in [0.4, 0.5) is 10.1 Å². The van der Waals surface area contributed by atoms with Gasteiger partial charge in [-0.15, -0.1) is 0 Å². The number of rotatable bonds is 4. The fourth-order valence-corrected chi connectivity index (χ4v) is 3.42. The van der Waals surface area contributed by atoms with Gasteiger partial charge in [0.15, 0.2) is 0 Å². The first kappa shape index (κ1) is 16.8. The number of hydrogen-bond acceptors (Lipinski definition) is 3. The maximum Gasteiger partial charge on any atom is 0.229 e. The lowest BCUT2D eigenvalue weighted by atomic mass is 9.96. The van der Waals surface area contributed by atoms with E-state index in [9.17, 15) is 14.0 Å². The lowest BCUT2D eigenvalue weighted by Gasteiger charge is -2.32. The van der Waals surface area contributed by atoms with Gasteiger partial charge in [0.2, 0.25) is 11.8 Å². The zero-order valence-electron chi connectivity index (χ0n) is 14.4. The summed E-state index contributed by atoms with van der Waals surface area (Å²) < 4.78 is 15.9. The smallest absolute Gasteiger partial charge is 0.229 e. The maximum absolute atomic E-state index is 14.3. The van der Waals surface area contributed by atoms with Gasteiger partial charge in [0.25, 0.3) is 0 Å². The molecular formula is C19H21FN4O2. The van der Waals surface area contributed by atoms with Gasteiger partial charge in [-0.2, -0.15) is 0 Å². The maximum atomic E-state index is 14.3. The minimum Gasteiger partial charge on any atom is -0.342 e. The molecule has 0 spiro atoms. The Bertz CT molecular complexity index is 817. The molecule has 1 aliphatic heterocycles. The van der Waals surface area contributed by atoms with Crippen LogP contribution in [0.15, 0.2) is 36.9 Å². The number of nitrogens with one attached hydrogen (secondary N) is 1. The van der Waals surface area contributed by atoms with Crippen molar-refractivity contribution in [3.63, 3.8) is 0 Å². The number of hydrogen-bond donors (Lipinski definition) is 1. The highest BCUT2D eigenvalue weighted by Gasteiger charge is 2.36. The number of carbonyl (C=O) groups is 2. The Labute approximate surface area is 151 Å². The molecule has 2 amide bonds. The predicted octanol–water partition coefficient (Wildman–Crippen LogP) is 2.60. The molecule has 2 aliphatic rings. The Balaban J connectivity index is 1.41. The molecule has 2 fully saturated rings. The van der Waals surface area contributed by atoms with Crippen molar-refractivity contribution in [2.45, 2.75) is 25.7 Å². The summed E-state index contributed by atoms with van der Waals surface area (Å²) in [5.74, 6) is -0.495. The summed E-state index contributed by atoms with van der Waals surface area (Å²) in [6, 6.07) is 4.59. The minimum absolute atomic E-state index is 0.159. The van der Waals surface area contributed by atoms with Crippen LogP contribution < -0.4 is 5.32 Å². The number of amides is 2. The van der Waals surface area contributed by atoms with Gasteiger partial charge in [-0.05, 0) is 43.9 Å². The molecule has 0 radical (unpaired) electrons. The Morgan fingerprint density at radius 2 is 2.04 bits per heavy atom. The van der Waals surface area contributed by atoms with E-state index in [0.29, 0.717) is 17.9 Å². The number of carbonyl (C=O) groups excluding carboxylic acids is 2. The van der Waals surface area contributed by atoms with E-state index in [-0.39, 0.29) is 23.7 Å². The van der Waals surface area contributed by atoms with E-state index in [1.165, 1.54) is 12.4 Å². The molecular weight excluding hydrogens is 335 g/mol. The molecule has 1 N–H and O–H groups in total. The molecule has 1 saturated heterocycles. The molecule has 26 heavy (non-hydrogen) atoms. The number of benzene rings is 1. The summed E-state index contributed by atoms with van der Waals surface area (Å²) in [6.45, 7) is 1.18. The van der Waals surface area contributed by atoms with Crippen molar-refractivity contribution in [2.75, 3.05) is 18.4 Å². The topological polar surface area (TPSA) is 67.2 Å². The van der Waals surface area contributed by atoms with Crippen LogP contribution in [0, 0.1) is 17.7 Å². The van der Waals surface area contributed by atoms with Crippen molar-refractivity contribution in [3.05, 3.63) is 42.7 Å². The Kier molecular flexibility index (Phi) is 4.44. The van der Waals surface area contributed by atoms with Crippen molar-refractivity contribution in [1.82, 2.24) is 14.5 Å². The molecule has 136 valence electrons. The molecule has 6 nitrogen and oxygen atoms in total. The lowest BCUT2D eigenvalue weighted by molar-refractivity contribution is -0.135. The van der Waals surface area contributed by atoms with Gasteiger partial charge < -0.3 is 14.8 Å². The van der Waals surface area contributed by atoms with E-state index in [4.69, 9.17) is 0 Å². The molecule has 2 heterocycles. The van der Waals surface area contributed by atoms with Crippen molar-refractivity contribution in [2.24, 2.45) is 11.8 Å². The normalized spacial score (nSPS) is 20.0. The highest BCUT2D eigenvalue weighted by atomic mass is 19.1. The van der Waals surface area contributed by atoms with Crippen LogP contribution in [-0.4, -0.2) is 39.4 Å². The zero-order chi connectivity index (χ0) is 18.1. The SMILES string of the molecule is O=C(Nc1ccc(-n2ccnc2)c(F)c1)C1CCCN(C(=O)C2CC2)C1. The van der Waals surface area contributed by atoms with Crippen LogP contribution >= 0.6 is 0 Å². The molecule has 1 aromatic heterocycles. The fourth-order valence-electron chi connectivity index (χ4n) is 3.42. The summed E-state index contributed by atoms with van der Waals surface area (Å²) in [5, 5.41) is 2.79. The van der Waals surface area contributed by atoms with Crippen LogP contribution in [0.1, 0.15) is 25.7 Å². The van der Waals surface area contributed by atoms with E-state index in [1.807, 2.05) is 4.90 Å².